The van der Waals surface area contributed by atoms with Gasteiger partial charge in [0, 0.05) is 6.54 Å². The lowest BCUT2D eigenvalue weighted by atomic mass is 10.1. The van der Waals surface area contributed by atoms with Crippen LogP contribution < -0.4 is 0 Å². The molecular weight excluding hydrogens is 241 g/mol. The van der Waals surface area contributed by atoms with E-state index in [9.17, 15) is 4.39 Å². The predicted molar refractivity (Wildman–Crippen MR) is 75.2 cm³/mol. The molecular formula is C15H22FN3. The van der Waals surface area contributed by atoms with Gasteiger partial charge in [0.2, 0.25) is 0 Å². The third-order valence-corrected chi connectivity index (χ3v) is 3.11. The van der Waals surface area contributed by atoms with Crippen LogP contribution in [0.4, 0.5) is 4.39 Å². The van der Waals surface area contributed by atoms with Crippen LogP contribution in [0.2, 0.25) is 0 Å². The molecule has 0 amide bonds. The van der Waals surface area contributed by atoms with Crippen molar-refractivity contribution in [3.05, 3.63) is 35.1 Å². The smallest absolute Gasteiger partial charge is 0.123 e. The average Bonchev–Trinajstić information content (AvgIpc) is 2.37. The molecule has 0 aliphatic heterocycles. The van der Waals surface area contributed by atoms with Gasteiger partial charge in [0.25, 0.3) is 0 Å². The molecule has 0 saturated heterocycles. The summed E-state index contributed by atoms with van der Waals surface area (Å²) in [6.45, 7) is 5.60. The summed E-state index contributed by atoms with van der Waals surface area (Å²) >= 11 is 0. The van der Waals surface area contributed by atoms with Crippen molar-refractivity contribution in [1.29, 1.82) is 5.26 Å². The fraction of sp³-hybridized carbons (Fsp3) is 0.533. The molecule has 0 radical (unpaired) electrons. The van der Waals surface area contributed by atoms with Crippen LogP contribution >= 0.6 is 0 Å². The molecule has 0 fully saturated rings. The SMILES string of the molecule is CCN(CCCN(C)C)Cc1cc(F)ccc1C#N. The van der Waals surface area contributed by atoms with E-state index in [2.05, 4.69) is 36.9 Å². The summed E-state index contributed by atoms with van der Waals surface area (Å²) < 4.78 is 13.3. The van der Waals surface area contributed by atoms with Crippen molar-refractivity contribution in [3.8, 4) is 6.07 Å². The third-order valence-electron chi connectivity index (χ3n) is 3.11. The normalized spacial score (nSPS) is 11.0. The lowest BCUT2D eigenvalue weighted by Gasteiger charge is -2.22. The lowest BCUT2D eigenvalue weighted by Crippen LogP contribution is -2.27. The largest absolute Gasteiger partial charge is 0.309 e. The van der Waals surface area contributed by atoms with Gasteiger partial charge in [0.1, 0.15) is 5.82 Å². The zero-order valence-corrected chi connectivity index (χ0v) is 12.0. The summed E-state index contributed by atoms with van der Waals surface area (Å²) in [6.07, 6.45) is 1.07. The van der Waals surface area contributed by atoms with Crippen LogP contribution in [0.1, 0.15) is 24.5 Å². The molecule has 19 heavy (non-hydrogen) atoms. The van der Waals surface area contributed by atoms with Gasteiger partial charge in [-0.15, -0.1) is 0 Å². The Morgan fingerprint density at radius 2 is 2.00 bits per heavy atom. The highest BCUT2D eigenvalue weighted by Gasteiger charge is 2.09. The molecule has 1 rings (SSSR count). The molecule has 4 heteroatoms. The predicted octanol–water partition coefficient (Wildman–Crippen LogP) is 2.47. The number of halogens is 1. The van der Waals surface area contributed by atoms with E-state index in [-0.39, 0.29) is 5.82 Å². The molecule has 0 aromatic heterocycles. The van der Waals surface area contributed by atoms with Gasteiger partial charge in [-0.1, -0.05) is 6.92 Å². The Kier molecular flexibility index (Phi) is 6.48. The van der Waals surface area contributed by atoms with Gasteiger partial charge >= 0.3 is 0 Å². The molecule has 0 bridgehead atoms. The Labute approximate surface area is 115 Å². The van der Waals surface area contributed by atoms with E-state index in [0.717, 1.165) is 31.6 Å². The highest BCUT2D eigenvalue weighted by Crippen LogP contribution is 2.13. The van der Waals surface area contributed by atoms with Crippen molar-refractivity contribution in [2.75, 3.05) is 33.7 Å². The van der Waals surface area contributed by atoms with Gasteiger partial charge in [-0.25, -0.2) is 4.39 Å². The molecule has 0 atom stereocenters. The van der Waals surface area contributed by atoms with Crippen LogP contribution in [0.3, 0.4) is 0 Å². The van der Waals surface area contributed by atoms with Crippen molar-refractivity contribution in [3.63, 3.8) is 0 Å². The first-order chi connectivity index (χ1) is 9.06. The maximum atomic E-state index is 13.3. The molecule has 0 spiro atoms. The third kappa shape index (κ3) is 5.37. The van der Waals surface area contributed by atoms with Gasteiger partial charge < -0.3 is 4.90 Å². The second-order valence-corrected chi connectivity index (χ2v) is 4.94. The molecule has 0 unspecified atom stereocenters. The van der Waals surface area contributed by atoms with E-state index in [1.165, 1.54) is 12.1 Å². The fourth-order valence-electron chi connectivity index (χ4n) is 2.00. The first kappa shape index (κ1) is 15.6. The minimum absolute atomic E-state index is 0.279. The second kappa shape index (κ2) is 7.88. The number of hydrogen-bond acceptors (Lipinski definition) is 3. The summed E-state index contributed by atoms with van der Waals surface area (Å²) in [7, 11) is 4.10. The van der Waals surface area contributed by atoms with Crippen molar-refractivity contribution >= 4 is 0 Å². The van der Waals surface area contributed by atoms with Crippen LogP contribution in [-0.4, -0.2) is 43.5 Å². The van der Waals surface area contributed by atoms with Crippen molar-refractivity contribution in [2.45, 2.75) is 19.9 Å². The van der Waals surface area contributed by atoms with E-state index in [0.29, 0.717) is 12.1 Å². The van der Waals surface area contributed by atoms with Gasteiger partial charge in [0.05, 0.1) is 11.6 Å². The topological polar surface area (TPSA) is 30.3 Å². The van der Waals surface area contributed by atoms with Gasteiger partial charge in [0.15, 0.2) is 0 Å². The number of rotatable bonds is 7. The van der Waals surface area contributed by atoms with Gasteiger partial charge in [-0.2, -0.15) is 5.26 Å². The van der Waals surface area contributed by atoms with E-state index >= 15 is 0 Å². The number of nitrogens with zero attached hydrogens (tertiary/aromatic N) is 3. The van der Waals surface area contributed by atoms with Crippen LogP contribution in [-0.2, 0) is 6.54 Å². The van der Waals surface area contributed by atoms with E-state index < -0.39 is 0 Å². The monoisotopic (exact) mass is 263 g/mol. The summed E-state index contributed by atoms with van der Waals surface area (Å²) in [4.78, 5) is 4.38. The van der Waals surface area contributed by atoms with E-state index in [1.807, 2.05) is 0 Å². The van der Waals surface area contributed by atoms with E-state index in [4.69, 9.17) is 5.26 Å². The summed E-state index contributed by atoms with van der Waals surface area (Å²) in [5.74, 6) is -0.279. The molecule has 0 N–H and O–H groups in total. The molecule has 3 nitrogen and oxygen atoms in total. The number of benzene rings is 1. The van der Waals surface area contributed by atoms with Crippen molar-refractivity contribution in [2.24, 2.45) is 0 Å². The maximum absolute atomic E-state index is 13.3. The number of nitriles is 1. The summed E-state index contributed by atoms with van der Waals surface area (Å²) in [6, 6.07) is 6.48. The first-order valence-electron chi connectivity index (χ1n) is 6.62. The van der Waals surface area contributed by atoms with Crippen LogP contribution in [0.25, 0.3) is 0 Å². The molecule has 0 aliphatic rings. The zero-order valence-electron chi connectivity index (χ0n) is 12.0. The lowest BCUT2D eigenvalue weighted by molar-refractivity contribution is 0.259. The molecule has 1 aromatic rings. The minimum atomic E-state index is -0.279. The standard InChI is InChI=1S/C15H22FN3/c1-4-19(9-5-8-18(2)3)12-14-10-15(16)7-6-13(14)11-17/h6-7,10H,4-5,8-9,12H2,1-3H3. The van der Waals surface area contributed by atoms with Gasteiger partial charge in [-0.3, -0.25) is 4.90 Å². The summed E-state index contributed by atoms with van der Waals surface area (Å²) in [5.41, 5.74) is 1.33. The highest BCUT2D eigenvalue weighted by molar-refractivity contribution is 5.37. The molecule has 0 heterocycles. The Hall–Kier alpha value is -1.44. The second-order valence-electron chi connectivity index (χ2n) is 4.94. The van der Waals surface area contributed by atoms with E-state index in [1.54, 1.807) is 6.07 Å². The highest BCUT2D eigenvalue weighted by atomic mass is 19.1. The molecule has 0 aliphatic carbocycles. The Bertz CT molecular complexity index is 438. The maximum Gasteiger partial charge on any atom is 0.123 e. The van der Waals surface area contributed by atoms with Gasteiger partial charge in [-0.05, 0) is 63.9 Å². The van der Waals surface area contributed by atoms with Crippen LogP contribution in [0.5, 0.6) is 0 Å². The first-order valence-corrected chi connectivity index (χ1v) is 6.62. The average molecular weight is 263 g/mol. The quantitative estimate of drug-likeness (QED) is 0.757. The zero-order chi connectivity index (χ0) is 14.3. The van der Waals surface area contributed by atoms with Crippen LogP contribution in [0.15, 0.2) is 18.2 Å². The van der Waals surface area contributed by atoms with Crippen molar-refractivity contribution < 1.29 is 4.39 Å². The Morgan fingerprint density at radius 3 is 2.58 bits per heavy atom. The molecule has 1 aromatic carbocycles. The Morgan fingerprint density at radius 1 is 1.26 bits per heavy atom. The molecule has 104 valence electrons. The van der Waals surface area contributed by atoms with Crippen molar-refractivity contribution in [1.82, 2.24) is 9.80 Å². The summed E-state index contributed by atoms with van der Waals surface area (Å²) in [5, 5.41) is 9.05. The van der Waals surface area contributed by atoms with Crippen LogP contribution in [0, 0.1) is 17.1 Å². The molecule has 0 saturated carbocycles. The fourth-order valence-corrected chi connectivity index (χ4v) is 2.00. The number of hydrogen-bond donors (Lipinski definition) is 0. The minimum Gasteiger partial charge on any atom is -0.309 e. The Balaban J connectivity index is 2.65.